The molecule has 0 bridgehead atoms. The van der Waals surface area contributed by atoms with Crippen LogP contribution in [0.15, 0.2) is 18.2 Å². The molecule has 132 valence electrons. The van der Waals surface area contributed by atoms with Crippen molar-refractivity contribution in [3.8, 4) is 0 Å². The van der Waals surface area contributed by atoms with Gasteiger partial charge in [0.1, 0.15) is 0 Å². The molecule has 0 aliphatic carbocycles. The van der Waals surface area contributed by atoms with Gasteiger partial charge in [0, 0.05) is 25.2 Å². The molecule has 0 unspecified atom stereocenters. The lowest BCUT2D eigenvalue weighted by molar-refractivity contribution is -0.157. The second-order valence-electron chi connectivity index (χ2n) is 5.75. The zero-order valence-corrected chi connectivity index (χ0v) is 13.3. The van der Waals surface area contributed by atoms with Gasteiger partial charge < -0.3 is 20.1 Å². The number of nitrogens with zero attached hydrogens (tertiary/aromatic N) is 1. The van der Waals surface area contributed by atoms with E-state index in [-0.39, 0.29) is 31.6 Å². The summed E-state index contributed by atoms with van der Waals surface area (Å²) in [7, 11) is 1.24. The lowest BCUT2D eigenvalue weighted by atomic mass is 9.91. The molecule has 2 N–H and O–H groups in total. The van der Waals surface area contributed by atoms with Crippen LogP contribution in [0.4, 0.5) is 8.78 Å². The summed E-state index contributed by atoms with van der Waals surface area (Å²) in [6, 6.07) is 3.77. The van der Waals surface area contributed by atoms with Crippen molar-refractivity contribution >= 4 is 11.9 Å². The van der Waals surface area contributed by atoms with Crippen molar-refractivity contribution in [3.63, 3.8) is 0 Å². The molecule has 1 atom stereocenters. The second-order valence-corrected chi connectivity index (χ2v) is 5.75. The number of aliphatic hydroxyl groups is 1. The van der Waals surface area contributed by atoms with Crippen LogP contribution in [0.5, 0.6) is 0 Å². The standard InChI is InChI=1S/C16H20F2N2O4/c1-24-13(21)8-19-10-16(23)6-3-7-20(15(16)22)9-11-4-2-5-12(17)14(11)18/h2,4-5,19,23H,3,6-10H2,1H3/t16-/m0/s1. The number of ether oxygens (including phenoxy) is 1. The first-order valence-electron chi connectivity index (χ1n) is 7.59. The summed E-state index contributed by atoms with van der Waals surface area (Å²) in [5.41, 5.74) is -1.63. The first kappa shape index (κ1) is 18.3. The van der Waals surface area contributed by atoms with E-state index in [1.54, 1.807) is 0 Å². The number of carbonyl (C=O) groups is 2. The molecule has 1 saturated heterocycles. The Bertz CT molecular complexity index is 626. The third kappa shape index (κ3) is 4.07. The number of rotatable bonds is 6. The molecule has 1 fully saturated rings. The van der Waals surface area contributed by atoms with E-state index in [9.17, 15) is 23.5 Å². The molecule has 1 aromatic carbocycles. The van der Waals surface area contributed by atoms with Gasteiger partial charge in [-0.15, -0.1) is 0 Å². The van der Waals surface area contributed by atoms with Crippen LogP contribution < -0.4 is 5.32 Å². The van der Waals surface area contributed by atoms with Gasteiger partial charge in [0.25, 0.3) is 5.91 Å². The lowest BCUT2D eigenvalue weighted by Crippen LogP contribution is -2.58. The maximum atomic E-state index is 13.8. The fourth-order valence-electron chi connectivity index (χ4n) is 2.70. The number of likely N-dealkylation sites (tertiary alicyclic amines) is 1. The minimum absolute atomic E-state index is 0.0510. The molecule has 6 nitrogen and oxygen atoms in total. The highest BCUT2D eigenvalue weighted by Crippen LogP contribution is 2.24. The van der Waals surface area contributed by atoms with Gasteiger partial charge in [0.15, 0.2) is 17.2 Å². The molecular formula is C16H20F2N2O4. The van der Waals surface area contributed by atoms with Crippen LogP contribution in [0.2, 0.25) is 0 Å². The average molecular weight is 342 g/mol. The summed E-state index contributed by atoms with van der Waals surface area (Å²) >= 11 is 0. The highest BCUT2D eigenvalue weighted by atomic mass is 19.2. The van der Waals surface area contributed by atoms with Crippen LogP contribution in [0.3, 0.4) is 0 Å². The SMILES string of the molecule is COC(=O)CNC[C@@]1(O)CCCN(Cc2cccc(F)c2F)C1=O. The Balaban J connectivity index is 2.03. The van der Waals surface area contributed by atoms with Crippen molar-refractivity contribution in [2.45, 2.75) is 25.0 Å². The monoisotopic (exact) mass is 342 g/mol. The number of nitrogens with one attached hydrogen (secondary N) is 1. The molecule has 8 heteroatoms. The van der Waals surface area contributed by atoms with Crippen molar-refractivity contribution in [1.29, 1.82) is 0 Å². The van der Waals surface area contributed by atoms with Gasteiger partial charge in [-0.25, -0.2) is 8.78 Å². The van der Waals surface area contributed by atoms with E-state index in [1.165, 1.54) is 24.1 Å². The molecule has 2 rings (SSSR count). The largest absolute Gasteiger partial charge is 0.468 e. The van der Waals surface area contributed by atoms with E-state index < -0.39 is 29.1 Å². The third-order valence-electron chi connectivity index (χ3n) is 4.01. The van der Waals surface area contributed by atoms with Crippen molar-refractivity contribution in [2.24, 2.45) is 0 Å². The smallest absolute Gasteiger partial charge is 0.319 e. The Hall–Kier alpha value is -2.06. The van der Waals surface area contributed by atoms with Crippen LogP contribution in [0.1, 0.15) is 18.4 Å². The summed E-state index contributed by atoms with van der Waals surface area (Å²) in [4.78, 5) is 24.9. The van der Waals surface area contributed by atoms with Crippen LogP contribution >= 0.6 is 0 Å². The van der Waals surface area contributed by atoms with E-state index in [4.69, 9.17) is 0 Å². The molecule has 0 spiro atoms. The van der Waals surface area contributed by atoms with Crippen molar-refractivity contribution in [1.82, 2.24) is 10.2 Å². The van der Waals surface area contributed by atoms with Crippen LogP contribution in [-0.2, 0) is 20.9 Å². The van der Waals surface area contributed by atoms with Gasteiger partial charge in [-0.3, -0.25) is 9.59 Å². The van der Waals surface area contributed by atoms with Crippen molar-refractivity contribution in [3.05, 3.63) is 35.4 Å². The van der Waals surface area contributed by atoms with Gasteiger partial charge in [-0.2, -0.15) is 0 Å². The number of methoxy groups -OCH3 is 1. The number of carbonyl (C=O) groups excluding carboxylic acids is 2. The molecule has 1 amide bonds. The topological polar surface area (TPSA) is 78.9 Å². The first-order chi connectivity index (χ1) is 11.4. The number of hydrogen-bond donors (Lipinski definition) is 2. The van der Waals surface area contributed by atoms with Crippen LogP contribution in [-0.4, -0.2) is 54.2 Å². The lowest BCUT2D eigenvalue weighted by Gasteiger charge is -2.38. The predicted molar refractivity (Wildman–Crippen MR) is 80.8 cm³/mol. The molecule has 1 heterocycles. The van der Waals surface area contributed by atoms with Gasteiger partial charge >= 0.3 is 5.97 Å². The van der Waals surface area contributed by atoms with Gasteiger partial charge in [0.05, 0.1) is 13.7 Å². The van der Waals surface area contributed by atoms with E-state index in [0.717, 1.165) is 6.07 Å². The number of amides is 1. The Morgan fingerprint density at radius 3 is 2.92 bits per heavy atom. The minimum atomic E-state index is -1.68. The zero-order chi connectivity index (χ0) is 17.7. The summed E-state index contributed by atoms with van der Waals surface area (Å²) in [6.07, 6.45) is 0.737. The highest BCUT2D eigenvalue weighted by Gasteiger charge is 2.42. The molecular weight excluding hydrogens is 322 g/mol. The Kier molecular flexibility index (Phi) is 5.84. The molecule has 1 aliphatic rings. The van der Waals surface area contributed by atoms with E-state index in [1.807, 2.05) is 0 Å². The quantitative estimate of drug-likeness (QED) is 0.740. The van der Waals surface area contributed by atoms with Gasteiger partial charge in [-0.1, -0.05) is 12.1 Å². The number of piperidine rings is 1. The van der Waals surface area contributed by atoms with E-state index in [0.29, 0.717) is 13.0 Å². The molecule has 1 aromatic rings. The Morgan fingerprint density at radius 2 is 2.21 bits per heavy atom. The number of benzene rings is 1. The number of halogens is 2. The Morgan fingerprint density at radius 1 is 1.46 bits per heavy atom. The number of hydrogen-bond acceptors (Lipinski definition) is 5. The Labute approximate surface area is 138 Å². The van der Waals surface area contributed by atoms with Crippen molar-refractivity contribution < 1.29 is 28.2 Å². The van der Waals surface area contributed by atoms with E-state index >= 15 is 0 Å². The van der Waals surface area contributed by atoms with E-state index in [2.05, 4.69) is 10.1 Å². The third-order valence-corrected chi connectivity index (χ3v) is 4.01. The molecule has 0 aromatic heterocycles. The molecule has 1 aliphatic heterocycles. The normalized spacial score (nSPS) is 21.0. The molecule has 24 heavy (non-hydrogen) atoms. The minimum Gasteiger partial charge on any atom is -0.468 e. The zero-order valence-electron chi connectivity index (χ0n) is 13.3. The summed E-state index contributed by atoms with van der Waals surface area (Å²) in [5, 5.41) is 13.2. The predicted octanol–water partition coefficient (Wildman–Crippen LogP) is 0.581. The highest BCUT2D eigenvalue weighted by molar-refractivity contribution is 5.86. The second kappa shape index (κ2) is 7.67. The average Bonchev–Trinajstić information content (AvgIpc) is 2.56. The fraction of sp³-hybridized carbons (Fsp3) is 0.500. The first-order valence-corrected chi connectivity index (χ1v) is 7.59. The molecule has 0 saturated carbocycles. The van der Waals surface area contributed by atoms with Crippen LogP contribution in [0.25, 0.3) is 0 Å². The summed E-state index contributed by atoms with van der Waals surface area (Å²) in [5.74, 6) is -3.06. The van der Waals surface area contributed by atoms with Gasteiger partial charge in [0.2, 0.25) is 0 Å². The maximum absolute atomic E-state index is 13.8. The van der Waals surface area contributed by atoms with Gasteiger partial charge in [-0.05, 0) is 18.9 Å². The maximum Gasteiger partial charge on any atom is 0.319 e. The van der Waals surface area contributed by atoms with Crippen LogP contribution in [0, 0.1) is 11.6 Å². The summed E-state index contributed by atoms with van der Waals surface area (Å²) < 4.78 is 31.5. The van der Waals surface area contributed by atoms with Crippen molar-refractivity contribution in [2.75, 3.05) is 26.7 Å². The molecule has 0 radical (unpaired) electrons. The number of esters is 1. The summed E-state index contributed by atoms with van der Waals surface area (Å²) in [6.45, 7) is -0.0382. The fourth-order valence-corrected chi connectivity index (χ4v) is 2.70.